The molecule has 1 aromatic heterocycles. The van der Waals surface area contributed by atoms with Gasteiger partial charge in [-0.05, 0) is 66.9 Å². The van der Waals surface area contributed by atoms with E-state index in [1.165, 1.54) is 0 Å². The number of carbonyl (C=O) groups is 1. The van der Waals surface area contributed by atoms with E-state index in [1.54, 1.807) is 0 Å². The van der Waals surface area contributed by atoms with Crippen molar-refractivity contribution in [2.75, 3.05) is 6.54 Å². The highest BCUT2D eigenvalue weighted by molar-refractivity contribution is 14.1. The number of rotatable bonds is 3. The predicted octanol–water partition coefficient (Wildman–Crippen LogP) is 3.00. The van der Waals surface area contributed by atoms with Gasteiger partial charge in [-0.15, -0.1) is 0 Å². The van der Waals surface area contributed by atoms with Crippen LogP contribution in [0.1, 0.15) is 19.9 Å². The maximum Gasteiger partial charge on any atom is 0.242 e. The molecular weight excluding hydrogens is 361 g/mol. The Bertz CT molecular complexity index is 646. The second-order valence-corrected chi connectivity index (χ2v) is 5.66. The number of aromatic amines is 1. The van der Waals surface area contributed by atoms with E-state index in [-0.39, 0.29) is 11.9 Å². The average Bonchev–Trinajstić information content (AvgIpc) is 2.63. The standard InChI is InChI=1S/C12H14IN3OS/c1-3-14-11(17)7(2)16-10-5-4-8(13)6-9(10)15-12(16)18/h4-7H,3H2,1-2H3,(H,14,17)(H,15,18). The summed E-state index contributed by atoms with van der Waals surface area (Å²) in [5, 5.41) is 2.82. The van der Waals surface area contributed by atoms with Gasteiger partial charge < -0.3 is 14.9 Å². The lowest BCUT2D eigenvalue weighted by atomic mass is 10.2. The quantitative estimate of drug-likeness (QED) is 0.640. The smallest absolute Gasteiger partial charge is 0.242 e. The van der Waals surface area contributed by atoms with E-state index < -0.39 is 0 Å². The minimum Gasteiger partial charge on any atom is -0.355 e. The van der Waals surface area contributed by atoms with Gasteiger partial charge in [0.05, 0.1) is 11.0 Å². The highest BCUT2D eigenvalue weighted by Crippen LogP contribution is 2.21. The van der Waals surface area contributed by atoms with E-state index in [4.69, 9.17) is 12.2 Å². The number of imidazole rings is 1. The molecule has 0 spiro atoms. The third-order valence-electron chi connectivity index (χ3n) is 2.80. The van der Waals surface area contributed by atoms with Crippen LogP contribution < -0.4 is 5.32 Å². The Hall–Kier alpha value is -0.890. The summed E-state index contributed by atoms with van der Waals surface area (Å²) in [4.78, 5) is 15.0. The minimum atomic E-state index is -0.314. The van der Waals surface area contributed by atoms with Crippen molar-refractivity contribution in [2.24, 2.45) is 0 Å². The molecule has 2 rings (SSSR count). The molecule has 6 heteroatoms. The summed E-state index contributed by atoms with van der Waals surface area (Å²) in [5.41, 5.74) is 1.92. The molecule has 1 amide bonds. The van der Waals surface area contributed by atoms with E-state index in [9.17, 15) is 4.79 Å². The molecule has 1 heterocycles. The van der Waals surface area contributed by atoms with Crippen LogP contribution in [-0.4, -0.2) is 22.0 Å². The molecule has 0 aliphatic carbocycles. The Morgan fingerprint density at radius 3 is 3.00 bits per heavy atom. The van der Waals surface area contributed by atoms with Crippen LogP contribution in [0, 0.1) is 8.34 Å². The number of hydrogen-bond donors (Lipinski definition) is 2. The van der Waals surface area contributed by atoms with Crippen molar-refractivity contribution in [3.05, 3.63) is 26.5 Å². The maximum atomic E-state index is 11.9. The average molecular weight is 375 g/mol. The molecule has 0 aliphatic rings. The largest absolute Gasteiger partial charge is 0.355 e. The van der Waals surface area contributed by atoms with Gasteiger partial charge in [0.1, 0.15) is 6.04 Å². The topological polar surface area (TPSA) is 49.8 Å². The number of fused-ring (bicyclic) bond motifs is 1. The van der Waals surface area contributed by atoms with Crippen molar-refractivity contribution in [3.63, 3.8) is 0 Å². The molecule has 1 unspecified atom stereocenters. The second kappa shape index (κ2) is 5.40. The molecule has 1 aromatic carbocycles. The molecule has 4 nitrogen and oxygen atoms in total. The first kappa shape index (κ1) is 13.5. The normalized spacial score (nSPS) is 12.6. The first-order chi connectivity index (χ1) is 8.54. The van der Waals surface area contributed by atoms with Crippen LogP contribution in [0.15, 0.2) is 18.2 Å². The second-order valence-electron chi connectivity index (χ2n) is 4.03. The fraction of sp³-hybridized carbons (Fsp3) is 0.333. The third kappa shape index (κ3) is 2.44. The summed E-state index contributed by atoms with van der Waals surface area (Å²) in [7, 11) is 0. The van der Waals surface area contributed by atoms with Gasteiger partial charge in [-0.3, -0.25) is 4.79 Å². The van der Waals surface area contributed by atoms with E-state index in [2.05, 4.69) is 32.9 Å². The van der Waals surface area contributed by atoms with Gasteiger partial charge in [0.25, 0.3) is 0 Å². The van der Waals surface area contributed by atoms with E-state index in [0.29, 0.717) is 11.3 Å². The van der Waals surface area contributed by atoms with Crippen LogP contribution in [-0.2, 0) is 4.79 Å². The number of nitrogens with one attached hydrogen (secondary N) is 2. The van der Waals surface area contributed by atoms with Gasteiger partial charge in [-0.25, -0.2) is 0 Å². The zero-order valence-corrected chi connectivity index (χ0v) is 13.1. The van der Waals surface area contributed by atoms with Crippen molar-refractivity contribution in [2.45, 2.75) is 19.9 Å². The summed E-state index contributed by atoms with van der Waals surface area (Å²) >= 11 is 7.55. The van der Waals surface area contributed by atoms with E-state index in [1.807, 2.05) is 36.6 Å². The lowest BCUT2D eigenvalue weighted by Gasteiger charge is -2.13. The lowest BCUT2D eigenvalue weighted by molar-refractivity contribution is -0.123. The molecule has 0 saturated heterocycles. The molecule has 96 valence electrons. The fourth-order valence-corrected chi connectivity index (χ4v) is 2.78. The van der Waals surface area contributed by atoms with Crippen molar-refractivity contribution in [1.82, 2.24) is 14.9 Å². The van der Waals surface area contributed by atoms with Crippen LogP contribution in [0.25, 0.3) is 11.0 Å². The van der Waals surface area contributed by atoms with Crippen LogP contribution in [0.5, 0.6) is 0 Å². The Balaban J connectivity index is 2.54. The Morgan fingerprint density at radius 1 is 1.61 bits per heavy atom. The van der Waals surface area contributed by atoms with Gasteiger partial charge in [0.15, 0.2) is 4.77 Å². The van der Waals surface area contributed by atoms with Gasteiger partial charge in [0, 0.05) is 10.1 Å². The van der Waals surface area contributed by atoms with Crippen molar-refractivity contribution in [1.29, 1.82) is 0 Å². The van der Waals surface area contributed by atoms with E-state index >= 15 is 0 Å². The molecule has 0 radical (unpaired) electrons. The molecule has 1 atom stereocenters. The number of likely N-dealkylation sites (N-methyl/N-ethyl adjacent to an activating group) is 1. The molecule has 2 aromatic rings. The molecule has 18 heavy (non-hydrogen) atoms. The zero-order valence-electron chi connectivity index (χ0n) is 10.2. The summed E-state index contributed by atoms with van der Waals surface area (Å²) < 4.78 is 3.56. The third-order valence-corrected chi connectivity index (χ3v) is 3.77. The molecule has 0 fully saturated rings. The molecule has 2 N–H and O–H groups in total. The number of halogens is 1. The monoisotopic (exact) mass is 375 g/mol. The van der Waals surface area contributed by atoms with Crippen molar-refractivity contribution in [3.8, 4) is 0 Å². The number of amides is 1. The number of aromatic nitrogens is 2. The number of H-pyrrole nitrogens is 1. The fourth-order valence-electron chi connectivity index (χ4n) is 1.93. The Labute approximate surface area is 124 Å². The maximum absolute atomic E-state index is 11.9. The van der Waals surface area contributed by atoms with Crippen molar-refractivity contribution < 1.29 is 4.79 Å². The number of nitrogens with zero attached hydrogens (tertiary/aromatic N) is 1. The molecule has 0 saturated carbocycles. The Kier molecular flexibility index (Phi) is 4.06. The number of benzene rings is 1. The molecule has 0 bridgehead atoms. The van der Waals surface area contributed by atoms with Gasteiger partial charge in [0.2, 0.25) is 5.91 Å². The van der Waals surface area contributed by atoms with E-state index in [0.717, 1.165) is 14.6 Å². The van der Waals surface area contributed by atoms with Crippen LogP contribution in [0.2, 0.25) is 0 Å². The zero-order chi connectivity index (χ0) is 13.3. The highest BCUT2D eigenvalue weighted by Gasteiger charge is 2.17. The van der Waals surface area contributed by atoms with Crippen LogP contribution in [0.3, 0.4) is 0 Å². The summed E-state index contributed by atoms with van der Waals surface area (Å²) in [6.45, 7) is 4.38. The SMILES string of the molecule is CCNC(=O)C(C)n1c(=S)[nH]c2cc(I)ccc21. The molecular formula is C12H14IN3OS. The van der Waals surface area contributed by atoms with Crippen molar-refractivity contribution >= 4 is 51.7 Å². The van der Waals surface area contributed by atoms with Crippen LogP contribution >= 0.6 is 34.8 Å². The first-order valence-electron chi connectivity index (χ1n) is 5.72. The number of carbonyl (C=O) groups excluding carboxylic acids is 1. The van der Waals surface area contributed by atoms with Crippen LogP contribution in [0.4, 0.5) is 0 Å². The minimum absolute atomic E-state index is 0.0203. The highest BCUT2D eigenvalue weighted by atomic mass is 127. The predicted molar refractivity (Wildman–Crippen MR) is 83.2 cm³/mol. The Morgan fingerprint density at radius 2 is 2.33 bits per heavy atom. The molecule has 0 aliphatic heterocycles. The first-order valence-corrected chi connectivity index (χ1v) is 7.20. The lowest BCUT2D eigenvalue weighted by Crippen LogP contribution is -2.30. The number of hydrogen-bond acceptors (Lipinski definition) is 2. The summed E-state index contributed by atoms with van der Waals surface area (Å²) in [6.07, 6.45) is 0. The summed E-state index contributed by atoms with van der Waals surface area (Å²) in [5.74, 6) is -0.0203. The van der Waals surface area contributed by atoms with Gasteiger partial charge in [-0.1, -0.05) is 0 Å². The van der Waals surface area contributed by atoms with Gasteiger partial charge in [-0.2, -0.15) is 0 Å². The summed E-state index contributed by atoms with van der Waals surface area (Å²) in [6, 6.07) is 5.70. The van der Waals surface area contributed by atoms with Gasteiger partial charge >= 0.3 is 0 Å².